The van der Waals surface area contributed by atoms with Gasteiger partial charge in [-0.15, -0.1) is 0 Å². The number of furan rings is 1. The first-order chi connectivity index (χ1) is 13.7. The number of amides is 1. The number of cyclic esters (lactones) is 1. The molecule has 1 saturated heterocycles. The van der Waals surface area contributed by atoms with Crippen LogP contribution in [0.2, 0.25) is 0 Å². The molecule has 2 heterocycles. The van der Waals surface area contributed by atoms with Crippen molar-refractivity contribution in [3.63, 3.8) is 0 Å². The second-order valence-electron chi connectivity index (χ2n) is 6.54. The summed E-state index contributed by atoms with van der Waals surface area (Å²) >= 11 is 4.94. The van der Waals surface area contributed by atoms with E-state index in [4.69, 9.17) is 21.4 Å². The number of nitrogens with one attached hydrogen (secondary N) is 1. The predicted molar refractivity (Wildman–Crippen MR) is 108 cm³/mol. The van der Waals surface area contributed by atoms with E-state index in [1.54, 1.807) is 24.9 Å². The predicted octanol–water partition coefficient (Wildman–Crippen LogP) is 3.23. The summed E-state index contributed by atoms with van der Waals surface area (Å²) < 4.78 is 25.0. The van der Waals surface area contributed by atoms with Crippen LogP contribution in [-0.2, 0) is 11.3 Å². The van der Waals surface area contributed by atoms with E-state index in [2.05, 4.69) is 5.32 Å². The molecule has 1 aliphatic heterocycles. The van der Waals surface area contributed by atoms with Crippen LogP contribution < -0.4 is 15.1 Å². The van der Waals surface area contributed by atoms with Crippen molar-refractivity contribution in [2.24, 2.45) is 0 Å². The quantitative estimate of drug-likeness (QED) is 0.412. The Bertz CT molecular complexity index is 950. The third kappa shape index (κ3) is 4.80. The average molecular weight is 422 g/mol. The molecule has 9 nitrogen and oxygen atoms in total. The van der Waals surface area contributed by atoms with Gasteiger partial charge in [0.15, 0.2) is 0 Å². The number of carbonyl (C=O) groups is 1. The maximum Gasteiger partial charge on any atom is 0.433 e. The zero-order valence-corrected chi connectivity index (χ0v) is 16.6. The maximum atomic E-state index is 14.7. The van der Waals surface area contributed by atoms with Gasteiger partial charge in [-0.3, -0.25) is 15.0 Å². The SMILES string of the molecule is CC(=S)NCC1CN(c2ccc(N(C)Cc3ccc([N+](=O)[O-])o3)c(F)c2)C(=O)O1. The van der Waals surface area contributed by atoms with Crippen molar-refractivity contribution >= 4 is 40.6 Å². The Balaban J connectivity index is 1.68. The number of thiocarbonyl (C=S) groups is 1. The lowest BCUT2D eigenvalue weighted by Crippen LogP contribution is -2.32. The van der Waals surface area contributed by atoms with Crippen molar-refractivity contribution in [3.05, 3.63) is 52.0 Å². The standard InChI is InChI=1S/C18H19FN4O5S/c1-11(29)20-8-14-10-22(18(24)28-14)12-3-5-16(15(19)7-12)21(2)9-13-4-6-17(27-13)23(25)26/h3-7,14H,8-10H2,1-2H3,(H,20,29). The highest BCUT2D eigenvalue weighted by molar-refractivity contribution is 7.80. The molecule has 2 aromatic rings. The number of halogens is 1. The Labute approximate surface area is 171 Å². The van der Waals surface area contributed by atoms with Gasteiger partial charge in [-0.1, -0.05) is 12.2 Å². The highest BCUT2D eigenvalue weighted by atomic mass is 32.1. The summed E-state index contributed by atoms with van der Waals surface area (Å²) in [6, 6.07) is 7.11. The number of ether oxygens (including phenoxy) is 1. The van der Waals surface area contributed by atoms with Crippen molar-refractivity contribution in [2.45, 2.75) is 19.6 Å². The van der Waals surface area contributed by atoms with Crippen molar-refractivity contribution in [2.75, 3.05) is 29.9 Å². The second kappa shape index (κ2) is 8.43. The summed E-state index contributed by atoms with van der Waals surface area (Å²) in [5.74, 6) is -0.588. The van der Waals surface area contributed by atoms with Gasteiger partial charge < -0.3 is 19.4 Å². The first-order valence-corrected chi connectivity index (χ1v) is 9.12. The third-order valence-corrected chi connectivity index (χ3v) is 4.47. The van der Waals surface area contributed by atoms with Crippen molar-refractivity contribution in [3.8, 4) is 0 Å². The van der Waals surface area contributed by atoms with Gasteiger partial charge in [-0.05, 0) is 31.2 Å². The monoisotopic (exact) mass is 422 g/mol. The van der Waals surface area contributed by atoms with Crippen LogP contribution in [0.1, 0.15) is 12.7 Å². The van der Waals surface area contributed by atoms with E-state index in [1.807, 2.05) is 0 Å². The first-order valence-electron chi connectivity index (χ1n) is 8.71. The van der Waals surface area contributed by atoms with Crippen molar-refractivity contribution < 1.29 is 23.3 Å². The van der Waals surface area contributed by atoms with Crippen molar-refractivity contribution in [1.82, 2.24) is 5.32 Å². The Morgan fingerprint density at radius 3 is 2.83 bits per heavy atom. The average Bonchev–Trinajstić information content (AvgIpc) is 3.26. The van der Waals surface area contributed by atoms with Crippen LogP contribution >= 0.6 is 12.2 Å². The molecule has 1 atom stereocenters. The number of anilines is 2. The molecule has 29 heavy (non-hydrogen) atoms. The zero-order chi connectivity index (χ0) is 21.1. The Morgan fingerprint density at radius 2 is 2.21 bits per heavy atom. The van der Waals surface area contributed by atoms with Crippen LogP contribution in [0.25, 0.3) is 0 Å². The second-order valence-corrected chi connectivity index (χ2v) is 7.15. The van der Waals surface area contributed by atoms with Gasteiger partial charge >= 0.3 is 12.0 Å². The van der Waals surface area contributed by atoms with Gasteiger partial charge in [-0.25, -0.2) is 9.18 Å². The summed E-state index contributed by atoms with van der Waals surface area (Å²) in [6.45, 7) is 2.53. The first kappa shape index (κ1) is 20.5. The minimum atomic E-state index is -0.634. The molecule has 11 heteroatoms. The number of carbonyl (C=O) groups excluding carboxylic acids is 1. The summed E-state index contributed by atoms with van der Waals surface area (Å²) in [7, 11) is 1.63. The van der Waals surface area contributed by atoms with E-state index in [0.717, 1.165) is 0 Å². The molecule has 0 spiro atoms. The van der Waals surface area contributed by atoms with Crippen LogP contribution in [-0.4, -0.2) is 42.2 Å². The number of nitrogens with zero attached hydrogens (tertiary/aromatic N) is 3. The van der Waals surface area contributed by atoms with E-state index in [-0.39, 0.29) is 30.8 Å². The van der Waals surface area contributed by atoms with Crippen LogP contribution in [0.15, 0.2) is 34.7 Å². The molecule has 3 rings (SSSR count). The molecule has 0 bridgehead atoms. The molecule has 154 valence electrons. The summed E-state index contributed by atoms with van der Waals surface area (Å²) in [6.07, 6.45) is -0.942. The topological polar surface area (TPSA) is 101 Å². The zero-order valence-electron chi connectivity index (χ0n) is 15.8. The van der Waals surface area contributed by atoms with Crippen LogP contribution in [0, 0.1) is 15.9 Å². The molecule has 1 aromatic carbocycles. The Kier molecular flexibility index (Phi) is 5.97. The molecule has 0 saturated carbocycles. The van der Waals surface area contributed by atoms with E-state index < -0.39 is 16.8 Å². The Morgan fingerprint density at radius 1 is 1.45 bits per heavy atom. The summed E-state index contributed by atoms with van der Waals surface area (Å²) in [5, 5.41) is 13.6. The van der Waals surface area contributed by atoms with Gasteiger partial charge in [0, 0.05) is 7.05 Å². The van der Waals surface area contributed by atoms with Gasteiger partial charge in [-0.2, -0.15) is 0 Å². The number of hydrogen-bond donors (Lipinski definition) is 1. The number of nitro groups is 1. The number of rotatable bonds is 7. The van der Waals surface area contributed by atoms with Gasteiger partial charge in [0.05, 0.1) is 42.1 Å². The fraction of sp³-hybridized carbons (Fsp3) is 0.333. The van der Waals surface area contributed by atoms with E-state index in [0.29, 0.717) is 23.0 Å². The van der Waals surface area contributed by atoms with E-state index in [1.165, 1.54) is 29.2 Å². The van der Waals surface area contributed by atoms with Crippen LogP contribution in [0.3, 0.4) is 0 Å². The van der Waals surface area contributed by atoms with Gasteiger partial charge in [0.2, 0.25) is 0 Å². The van der Waals surface area contributed by atoms with Gasteiger partial charge in [0.25, 0.3) is 0 Å². The molecule has 1 amide bonds. The minimum absolute atomic E-state index is 0.139. The van der Waals surface area contributed by atoms with Crippen LogP contribution in [0.4, 0.5) is 26.4 Å². The van der Waals surface area contributed by atoms with Crippen molar-refractivity contribution in [1.29, 1.82) is 0 Å². The van der Waals surface area contributed by atoms with Gasteiger partial charge in [0.1, 0.15) is 22.6 Å². The fourth-order valence-corrected chi connectivity index (χ4v) is 3.02. The molecule has 1 aromatic heterocycles. The van der Waals surface area contributed by atoms with E-state index in [9.17, 15) is 19.3 Å². The lowest BCUT2D eigenvalue weighted by molar-refractivity contribution is -0.402. The normalized spacial score (nSPS) is 15.9. The lowest BCUT2D eigenvalue weighted by Gasteiger charge is -2.20. The largest absolute Gasteiger partial charge is 0.442 e. The Hall–Kier alpha value is -3.21. The van der Waals surface area contributed by atoms with Crippen LogP contribution in [0.5, 0.6) is 0 Å². The molecule has 1 aliphatic rings. The lowest BCUT2D eigenvalue weighted by atomic mass is 10.2. The maximum absolute atomic E-state index is 14.7. The molecule has 1 fully saturated rings. The fourth-order valence-electron chi connectivity index (χ4n) is 2.94. The third-order valence-electron chi connectivity index (χ3n) is 4.33. The minimum Gasteiger partial charge on any atom is -0.442 e. The molecule has 0 radical (unpaired) electrons. The number of hydrogen-bond acceptors (Lipinski definition) is 7. The highest BCUT2D eigenvalue weighted by Crippen LogP contribution is 2.28. The molecule has 1 unspecified atom stereocenters. The summed E-state index contributed by atoms with van der Waals surface area (Å²) in [4.78, 5) is 25.7. The summed E-state index contributed by atoms with van der Waals surface area (Å²) in [5.41, 5.74) is 0.634. The molecular weight excluding hydrogens is 403 g/mol. The highest BCUT2D eigenvalue weighted by Gasteiger charge is 2.32. The van der Waals surface area contributed by atoms with E-state index >= 15 is 0 Å². The molecule has 0 aliphatic carbocycles. The smallest absolute Gasteiger partial charge is 0.433 e. The molecular formula is C18H19FN4O5S. The number of benzene rings is 1. The molecule has 1 N–H and O–H groups in total.